The molecule has 0 aromatic heterocycles. The Morgan fingerprint density at radius 2 is 0.869 bits per heavy atom. The number of unbranched alkanes of at least 4 members (excludes halogenated alkanes) is 30. The number of carbonyl (C=O) groups is 2. The minimum Gasteiger partial charge on any atom is -0.462 e. The van der Waals surface area contributed by atoms with E-state index in [4.69, 9.17) is 4.74 Å². The number of allylic oxidation sites excluding steroid dienone is 6. The van der Waals surface area contributed by atoms with Crippen LogP contribution in [-0.4, -0.2) is 46.9 Å². The fourth-order valence-electron chi connectivity index (χ4n) is 8.11. The molecule has 0 saturated heterocycles. The van der Waals surface area contributed by atoms with Gasteiger partial charge in [0.25, 0.3) is 0 Å². The normalized spacial score (nSPS) is 13.5. The van der Waals surface area contributed by atoms with Gasteiger partial charge in [-0.05, 0) is 77.0 Å². The first-order chi connectivity index (χ1) is 30.0. The maximum atomic E-state index is 13.2. The van der Waals surface area contributed by atoms with Crippen LogP contribution >= 0.6 is 0 Å². The molecule has 0 spiro atoms. The second-order valence-corrected chi connectivity index (χ2v) is 18.3. The third-order valence-corrected chi connectivity index (χ3v) is 12.2. The first-order valence-corrected chi connectivity index (χ1v) is 26.7. The lowest BCUT2D eigenvalue weighted by Gasteiger charge is -2.24. The van der Waals surface area contributed by atoms with Gasteiger partial charge in [-0.15, -0.1) is 0 Å². The molecular formula is C55H103NO5. The summed E-state index contributed by atoms with van der Waals surface area (Å²) < 4.78 is 5.92. The zero-order chi connectivity index (χ0) is 44.5. The van der Waals surface area contributed by atoms with E-state index in [2.05, 4.69) is 62.5 Å². The quantitative estimate of drug-likeness (QED) is 0.0322. The number of nitrogens with one attached hydrogen (secondary N) is 1. The van der Waals surface area contributed by atoms with E-state index in [1.54, 1.807) is 0 Å². The van der Waals surface area contributed by atoms with E-state index < -0.39 is 18.2 Å². The summed E-state index contributed by atoms with van der Waals surface area (Å²) in [7, 11) is 0. The van der Waals surface area contributed by atoms with E-state index in [-0.39, 0.29) is 24.9 Å². The Morgan fingerprint density at radius 3 is 1.36 bits per heavy atom. The van der Waals surface area contributed by atoms with Gasteiger partial charge in [-0.2, -0.15) is 0 Å². The van der Waals surface area contributed by atoms with E-state index in [0.717, 1.165) is 77.0 Å². The highest BCUT2D eigenvalue weighted by molar-refractivity contribution is 5.77. The van der Waals surface area contributed by atoms with Crippen molar-refractivity contribution >= 4 is 11.9 Å². The lowest BCUT2D eigenvalue weighted by molar-refractivity contribution is -0.151. The minimum atomic E-state index is -0.789. The summed E-state index contributed by atoms with van der Waals surface area (Å²) in [4.78, 5) is 26.1. The molecule has 0 saturated carbocycles. The van der Waals surface area contributed by atoms with Gasteiger partial charge in [0.2, 0.25) is 5.91 Å². The monoisotopic (exact) mass is 858 g/mol. The van der Waals surface area contributed by atoms with Gasteiger partial charge in [0.05, 0.1) is 25.2 Å². The Hall–Kier alpha value is -1.92. The van der Waals surface area contributed by atoms with Crippen molar-refractivity contribution in [3.05, 3.63) is 36.5 Å². The molecule has 0 aliphatic heterocycles. The lowest BCUT2D eigenvalue weighted by atomic mass is 10.0. The molecular weight excluding hydrogens is 755 g/mol. The molecule has 6 nitrogen and oxygen atoms in total. The molecule has 0 fully saturated rings. The predicted molar refractivity (Wildman–Crippen MR) is 264 cm³/mol. The van der Waals surface area contributed by atoms with Gasteiger partial charge < -0.3 is 20.3 Å². The number of esters is 1. The molecule has 358 valence electrons. The lowest BCUT2D eigenvalue weighted by Crippen LogP contribution is -2.46. The van der Waals surface area contributed by atoms with Crippen molar-refractivity contribution in [3.63, 3.8) is 0 Å². The molecule has 0 aliphatic rings. The van der Waals surface area contributed by atoms with E-state index in [9.17, 15) is 19.8 Å². The van der Waals surface area contributed by atoms with Crippen molar-refractivity contribution in [2.24, 2.45) is 0 Å². The standard InChI is InChI=1S/C55H103NO5/c1-4-7-10-13-16-19-22-24-26-27-29-30-32-34-37-40-43-46-51(61-55(60)48-45-42-39-36-21-18-15-12-9-6-3)49-54(59)56-52(50-57)53(58)47-44-41-38-35-33-31-28-25-23-20-17-14-11-8-5-2/h12,15-16,19,24,26,51-53,57-58H,4-11,13-14,17-18,20-23,25,27-50H2,1-3H3,(H,56,59)/b15-12-,19-16-,26-24-. The third kappa shape index (κ3) is 44.5. The van der Waals surface area contributed by atoms with Crippen LogP contribution in [0.15, 0.2) is 36.5 Å². The summed E-state index contributed by atoms with van der Waals surface area (Å²) in [6.07, 6.45) is 57.8. The molecule has 0 radical (unpaired) electrons. The number of hydrogen-bond donors (Lipinski definition) is 3. The predicted octanol–water partition coefficient (Wildman–Crippen LogP) is 16.1. The van der Waals surface area contributed by atoms with Crippen LogP contribution in [0.4, 0.5) is 0 Å². The minimum absolute atomic E-state index is 0.0711. The van der Waals surface area contributed by atoms with Crippen LogP contribution in [0, 0.1) is 0 Å². The molecule has 0 bridgehead atoms. The average molecular weight is 858 g/mol. The van der Waals surface area contributed by atoms with Gasteiger partial charge >= 0.3 is 5.97 Å². The molecule has 0 rings (SSSR count). The number of aliphatic hydroxyl groups excluding tert-OH is 2. The summed E-state index contributed by atoms with van der Waals surface area (Å²) >= 11 is 0. The van der Waals surface area contributed by atoms with Crippen LogP contribution in [0.5, 0.6) is 0 Å². The molecule has 3 N–H and O–H groups in total. The van der Waals surface area contributed by atoms with Crippen molar-refractivity contribution in [3.8, 4) is 0 Å². The maximum Gasteiger partial charge on any atom is 0.306 e. The Balaban J connectivity index is 4.53. The summed E-state index contributed by atoms with van der Waals surface area (Å²) in [6.45, 7) is 6.41. The van der Waals surface area contributed by atoms with E-state index in [1.807, 2.05) is 0 Å². The first kappa shape index (κ1) is 59.1. The SMILES string of the molecule is CCC/C=C\CCCCCCCC(=O)OC(CCCCCCCCC/C=C\C/C=C\CCCCC)CC(=O)NC(CO)C(O)CCCCCCCCCCCCCCCCC. The second-order valence-electron chi connectivity index (χ2n) is 18.3. The zero-order valence-electron chi connectivity index (χ0n) is 40.8. The number of carbonyl (C=O) groups excluding carboxylic acids is 2. The number of rotatable bonds is 48. The van der Waals surface area contributed by atoms with Gasteiger partial charge in [-0.25, -0.2) is 0 Å². The van der Waals surface area contributed by atoms with Crippen molar-refractivity contribution in [2.75, 3.05) is 6.61 Å². The van der Waals surface area contributed by atoms with Crippen molar-refractivity contribution < 1.29 is 24.5 Å². The number of aliphatic hydroxyl groups is 2. The molecule has 3 unspecified atom stereocenters. The average Bonchev–Trinajstić information content (AvgIpc) is 3.25. The van der Waals surface area contributed by atoms with E-state index in [1.165, 1.54) is 154 Å². The summed E-state index contributed by atoms with van der Waals surface area (Å²) in [6, 6.07) is -0.703. The Bertz CT molecular complexity index is 1010. The molecule has 0 heterocycles. The maximum absolute atomic E-state index is 13.2. The molecule has 3 atom stereocenters. The first-order valence-electron chi connectivity index (χ1n) is 26.7. The number of hydrogen-bond acceptors (Lipinski definition) is 5. The highest BCUT2D eigenvalue weighted by atomic mass is 16.5. The van der Waals surface area contributed by atoms with Gasteiger partial charge in [0.15, 0.2) is 0 Å². The molecule has 1 amide bonds. The van der Waals surface area contributed by atoms with Crippen molar-refractivity contribution in [2.45, 2.75) is 296 Å². The van der Waals surface area contributed by atoms with Crippen LogP contribution in [0.25, 0.3) is 0 Å². The zero-order valence-corrected chi connectivity index (χ0v) is 40.8. The van der Waals surface area contributed by atoms with Crippen LogP contribution in [-0.2, 0) is 14.3 Å². The topological polar surface area (TPSA) is 95.9 Å². The number of amides is 1. The summed E-state index contributed by atoms with van der Waals surface area (Å²) in [5, 5.41) is 23.8. The van der Waals surface area contributed by atoms with Gasteiger partial charge in [0, 0.05) is 6.42 Å². The third-order valence-electron chi connectivity index (χ3n) is 12.2. The molecule has 61 heavy (non-hydrogen) atoms. The highest BCUT2D eigenvalue weighted by Crippen LogP contribution is 2.18. The van der Waals surface area contributed by atoms with Crippen LogP contribution in [0.1, 0.15) is 278 Å². The highest BCUT2D eigenvalue weighted by Gasteiger charge is 2.24. The Kier molecular flexibility index (Phi) is 47.6. The van der Waals surface area contributed by atoms with Crippen molar-refractivity contribution in [1.82, 2.24) is 5.32 Å². The molecule has 0 aliphatic carbocycles. The Morgan fingerprint density at radius 1 is 0.475 bits per heavy atom. The molecule has 0 aromatic carbocycles. The largest absolute Gasteiger partial charge is 0.462 e. The smallest absolute Gasteiger partial charge is 0.306 e. The Labute approximate surface area is 379 Å². The van der Waals surface area contributed by atoms with Gasteiger partial charge in [-0.3, -0.25) is 9.59 Å². The van der Waals surface area contributed by atoms with E-state index >= 15 is 0 Å². The van der Waals surface area contributed by atoms with Gasteiger partial charge in [-0.1, -0.05) is 224 Å². The number of ether oxygens (including phenoxy) is 1. The summed E-state index contributed by atoms with van der Waals surface area (Å²) in [5.74, 6) is -0.485. The van der Waals surface area contributed by atoms with Crippen molar-refractivity contribution in [1.29, 1.82) is 0 Å². The summed E-state index contributed by atoms with van der Waals surface area (Å²) in [5.41, 5.74) is 0. The van der Waals surface area contributed by atoms with E-state index in [0.29, 0.717) is 19.3 Å². The van der Waals surface area contributed by atoms with Crippen LogP contribution in [0.3, 0.4) is 0 Å². The van der Waals surface area contributed by atoms with Gasteiger partial charge in [0.1, 0.15) is 6.10 Å². The fraction of sp³-hybridized carbons (Fsp3) is 0.855. The second kappa shape index (κ2) is 49.1. The van der Waals surface area contributed by atoms with Crippen LogP contribution < -0.4 is 5.32 Å². The van der Waals surface area contributed by atoms with Crippen LogP contribution in [0.2, 0.25) is 0 Å². The molecule has 0 aromatic rings. The molecule has 6 heteroatoms. The fourth-order valence-corrected chi connectivity index (χ4v) is 8.11.